The lowest BCUT2D eigenvalue weighted by Gasteiger charge is -2.14. The second kappa shape index (κ2) is 5.23. The topological polar surface area (TPSA) is 25.8 Å². The number of benzene rings is 1. The van der Waals surface area contributed by atoms with Crippen LogP contribution in [-0.4, -0.2) is 9.97 Å². The Morgan fingerprint density at radius 1 is 1.24 bits per heavy atom. The van der Waals surface area contributed by atoms with Crippen LogP contribution >= 0.6 is 11.6 Å². The average Bonchev–Trinajstić information content (AvgIpc) is 2.33. The quantitative estimate of drug-likeness (QED) is 0.774. The largest absolute Gasteiger partial charge is 0.227 e. The molecule has 0 saturated carbocycles. The van der Waals surface area contributed by atoms with Gasteiger partial charge in [-0.2, -0.15) is 0 Å². The molecule has 4 heteroatoms. The summed E-state index contributed by atoms with van der Waals surface area (Å²) in [5.74, 6) is -0.111. The van der Waals surface area contributed by atoms with E-state index in [4.69, 9.17) is 11.6 Å². The summed E-state index contributed by atoms with van der Waals surface area (Å²) < 4.78 is 12.9. The lowest BCUT2D eigenvalue weighted by molar-refractivity contribution is 0.625. The molecule has 0 fully saturated rings. The van der Waals surface area contributed by atoms with Crippen molar-refractivity contribution in [3.8, 4) is 0 Å². The van der Waals surface area contributed by atoms with Crippen molar-refractivity contribution in [2.75, 3.05) is 0 Å². The summed E-state index contributed by atoms with van der Waals surface area (Å²) in [4.78, 5) is 8.06. The van der Waals surface area contributed by atoms with Gasteiger partial charge in [0.1, 0.15) is 5.82 Å². The molecule has 1 heterocycles. The van der Waals surface area contributed by atoms with Crippen LogP contribution in [0.5, 0.6) is 0 Å². The van der Waals surface area contributed by atoms with Crippen molar-refractivity contribution in [2.24, 2.45) is 0 Å². The van der Waals surface area contributed by atoms with Crippen molar-refractivity contribution in [1.29, 1.82) is 0 Å². The van der Waals surface area contributed by atoms with Crippen LogP contribution in [0.25, 0.3) is 0 Å². The highest BCUT2D eigenvalue weighted by Crippen LogP contribution is 2.26. The van der Waals surface area contributed by atoms with E-state index < -0.39 is 0 Å². The molecule has 2 nitrogen and oxygen atoms in total. The Balaban J connectivity index is 2.36. The Bertz CT molecular complexity index is 499. The monoisotopic (exact) mass is 250 g/mol. The zero-order valence-electron chi connectivity index (χ0n) is 9.40. The van der Waals surface area contributed by atoms with Gasteiger partial charge in [0.05, 0.1) is 5.69 Å². The first-order valence-corrected chi connectivity index (χ1v) is 5.82. The molecule has 1 aromatic heterocycles. The standard InChI is InChI=1S/C13H12ClFN2/c1-2-11(9-3-5-10(15)6-4-9)12-7-8-16-13(14)17-12/h3-8,11H,2H2,1H3. The third kappa shape index (κ3) is 2.80. The summed E-state index contributed by atoms with van der Waals surface area (Å²) in [5.41, 5.74) is 1.89. The molecule has 0 aliphatic carbocycles. The first-order valence-electron chi connectivity index (χ1n) is 5.44. The van der Waals surface area contributed by atoms with E-state index in [9.17, 15) is 4.39 Å². The minimum Gasteiger partial charge on any atom is -0.227 e. The van der Waals surface area contributed by atoms with Crippen LogP contribution in [0.1, 0.15) is 30.5 Å². The summed E-state index contributed by atoms with van der Waals surface area (Å²) in [6.45, 7) is 2.06. The van der Waals surface area contributed by atoms with Gasteiger partial charge in [-0.1, -0.05) is 19.1 Å². The van der Waals surface area contributed by atoms with Crippen molar-refractivity contribution >= 4 is 11.6 Å². The van der Waals surface area contributed by atoms with E-state index in [-0.39, 0.29) is 17.0 Å². The lowest BCUT2D eigenvalue weighted by Crippen LogP contribution is -2.03. The summed E-state index contributed by atoms with van der Waals surface area (Å²) in [5, 5.41) is 0.239. The van der Waals surface area contributed by atoms with E-state index in [1.165, 1.54) is 12.1 Å². The number of hydrogen-bond donors (Lipinski definition) is 0. The molecule has 0 bridgehead atoms. The second-order valence-electron chi connectivity index (χ2n) is 3.76. The van der Waals surface area contributed by atoms with E-state index >= 15 is 0 Å². The predicted molar refractivity (Wildman–Crippen MR) is 65.6 cm³/mol. The zero-order valence-corrected chi connectivity index (χ0v) is 10.2. The molecule has 1 aromatic carbocycles. The van der Waals surface area contributed by atoms with Gasteiger partial charge in [0.25, 0.3) is 0 Å². The molecule has 0 saturated heterocycles. The molecule has 1 unspecified atom stereocenters. The van der Waals surface area contributed by atoms with Crippen LogP contribution in [0.2, 0.25) is 5.28 Å². The molecule has 0 amide bonds. The summed E-state index contributed by atoms with van der Waals surface area (Å²) in [6, 6.07) is 8.31. The van der Waals surface area contributed by atoms with Crippen molar-refractivity contribution < 1.29 is 4.39 Å². The van der Waals surface area contributed by atoms with Crippen LogP contribution in [0.4, 0.5) is 4.39 Å². The van der Waals surface area contributed by atoms with Gasteiger partial charge in [0, 0.05) is 12.1 Å². The molecule has 0 radical (unpaired) electrons. The number of nitrogens with zero attached hydrogens (tertiary/aromatic N) is 2. The van der Waals surface area contributed by atoms with Crippen LogP contribution in [-0.2, 0) is 0 Å². The summed E-state index contributed by atoms with van der Waals surface area (Å²) >= 11 is 5.78. The number of hydrogen-bond acceptors (Lipinski definition) is 2. The van der Waals surface area contributed by atoms with Gasteiger partial charge in [-0.15, -0.1) is 0 Å². The van der Waals surface area contributed by atoms with E-state index in [0.29, 0.717) is 0 Å². The normalized spacial score (nSPS) is 12.4. The second-order valence-corrected chi connectivity index (χ2v) is 4.10. The molecule has 88 valence electrons. The van der Waals surface area contributed by atoms with Gasteiger partial charge in [-0.3, -0.25) is 0 Å². The Morgan fingerprint density at radius 3 is 2.53 bits per heavy atom. The first kappa shape index (κ1) is 12.0. The fraction of sp³-hybridized carbons (Fsp3) is 0.231. The highest BCUT2D eigenvalue weighted by atomic mass is 35.5. The highest BCUT2D eigenvalue weighted by Gasteiger charge is 2.14. The van der Waals surface area contributed by atoms with Crippen LogP contribution in [0, 0.1) is 5.82 Å². The maximum absolute atomic E-state index is 12.9. The lowest BCUT2D eigenvalue weighted by atomic mass is 9.93. The number of rotatable bonds is 3. The number of halogens is 2. The summed E-state index contributed by atoms with van der Waals surface area (Å²) in [7, 11) is 0. The van der Waals surface area contributed by atoms with Gasteiger partial charge in [-0.25, -0.2) is 14.4 Å². The van der Waals surface area contributed by atoms with E-state index in [1.807, 2.05) is 6.07 Å². The molecule has 0 aliphatic heterocycles. The van der Waals surface area contributed by atoms with Crippen LogP contribution in [0.15, 0.2) is 36.5 Å². The van der Waals surface area contributed by atoms with Gasteiger partial charge < -0.3 is 0 Å². The fourth-order valence-corrected chi connectivity index (χ4v) is 2.01. The third-order valence-corrected chi connectivity index (χ3v) is 2.87. The Hall–Kier alpha value is -1.48. The van der Waals surface area contributed by atoms with E-state index in [0.717, 1.165) is 17.7 Å². The van der Waals surface area contributed by atoms with E-state index in [2.05, 4.69) is 16.9 Å². The minimum atomic E-state index is -0.232. The van der Waals surface area contributed by atoms with Crippen molar-refractivity contribution in [3.63, 3.8) is 0 Å². The molecular formula is C13H12ClFN2. The molecule has 2 rings (SSSR count). The Labute approximate surface area is 104 Å². The molecular weight excluding hydrogens is 239 g/mol. The summed E-state index contributed by atoms with van der Waals surface area (Å²) in [6.07, 6.45) is 2.51. The first-order chi connectivity index (χ1) is 8.20. The Kier molecular flexibility index (Phi) is 3.69. The smallest absolute Gasteiger partial charge is 0.222 e. The molecule has 2 aromatic rings. The van der Waals surface area contributed by atoms with Gasteiger partial charge in [0.15, 0.2) is 0 Å². The highest BCUT2D eigenvalue weighted by molar-refractivity contribution is 6.28. The van der Waals surface area contributed by atoms with E-state index in [1.54, 1.807) is 18.3 Å². The van der Waals surface area contributed by atoms with Gasteiger partial charge >= 0.3 is 0 Å². The number of aromatic nitrogens is 2. The van der Waals surface area contributed by atoms with Crippen molar-refractivity contribution in [3.05, 3.63) is 58.9 Å². The van der Waals surface area contributed by atoms with Gasteiger partial charge in [0.2, 0.25) is 5.28 Å². The van der Waals surface area contributed by atoms with Crippen LogP contribution in [0.3, 0.4) is 0 Å². The third-order valence-electron chi connectivity index (χ3n) is 2.69. The van der Waals surface area contributed by atoms with Gasteiger partial charge in [-0.05, 0) is 41.8 Å². The maximum atomic E-state index is 12.9. The van der Waals surface area contributed by atoms with Crippen molar-refractivity contribution in [2.45, 2.75) is 19.3 Å². The fourth-order valence-electron chi connectivity index (χ4n) is 1.85. The molecule has 0 spiro atoms. The average molecular weight is 251 g/mol. The predicted octanol–water partition coefficient (Wildman–Crippen LogP) is 3.81. The van der Waals surface area contributed by atoms with Crippen molar-refractivity contribution in [1.82, 2.24) is 9.97 Å². The molecule has 0 N–H and O–H groups in total. The Morgan fingerprint density at radius 2 is 1.94 bits per heavy atom. The minimum absolute atomic E-state index is 0.121. The molecule has 1 atom stereocenters. The molecule has 17 heavy (non-hydrogen) atoms. The maximum Gasteiger partial charge on any atom is 0.222 e. The SMILES string of the molecule is CCC(c1ccc(F)cc1)c1ccnc(Cl)n1. The molecule has 0 aliphatic rings. The van der Waals surface area contributed by atoms with Crippen LogP contribution < -0.4 is 0 Å². The zero-order chi connectivity index (χ0) is 12.3.